The van der Waals surface area contributed by atoms with E-state index < -0.39 is 0 Å². The summed E-state index contributed by atoms with van der Waals surface area (Å²) in [6, 6.07) is 5.97. The van der Waals surface area contributed by atoms with Crippen molar-refractivity contribution in [2.24, 2.45) is 0 Å². The third-order valence-corrected chi connectivity index (χ3v) is 2.71. The maximum Gasteiger partial charge on any atom is 0.142 e. The molecule has 2 rings (SSSR count). The standard InChI is InChI=1S/C11H15NO2/c1-7-9(13)6-8-4-3-5-10(14-2)11(8)12-7/h3-5,7,9,12-13H,6H2,1-2H3. The second-order valence-electron chi connectivity index (χ2n) is 3.70. The molecule has 0 saturated carbocycles. The summed E-state index contributed by atoms with van der Waals surface area (Å²) < 4.78 is 5.25. The highest BCUT2D eigenvalue weighted by atomic mass is 16.5. The van der Waals surface area contributed by atoms with E-state index in [9.17, 15) is 5.11 Å². The molecule has 2 unspecified atom stereocenters. The molecule has 1 aliphatic rings. The molecule has 0 fully saturated rings. The minimum Gasteiger partial charge on any atom is -0.495 e. The van der Waals surface area contributed by atoms with Crippen LogP contribution in [0.1, 0.15) is 12.5 Å². The predicted molar refractivity (Wildman–Crippen MR) is 55.8 cm³/mol. The first-order valence-corrected chi connectivity index (χ1v) is 4.83. The Hall–Kier alpha value is -1.22. The first-order valence-electron chi connectivity index (χ1n) is 4.83. The van der Waals surface area contributed by atoms with Crippen LogP contribution >= 0.6 is 0 Å². The van der Waals surface area contributed by atoms with Crippen molar-refractivity contribution >= 4 is 5.69 Å². The van der Waals surface area contributed by atoms with E-state index in [1.54, 1.807) is 7.11 Å². The Morgan fingerprint density at radius 2 is 2.29 bits per heavy atom. The van der Waals surface area contributed by atoms with Gasteiger partial charge in [0.15, 0.2) is 0 Å². The lowest BCUT2D eigenvalue weighted by atomic mass is 9.96. The predicted octanol–water partition coefficient (Wildman–Crippen LogP) is 1.41. The summed E-state index contributed by atoms with van der Waals surface area (Å²) in [5.74, 6) is 0.848. The third-order valence-electron chi connectivity index (χ3n) is 2.71. The number of nitrogens with one attached hydrogen (secondary N) is 1. The molecule has 76 valence electrons. The van der Waals surface area contributed by atoms with E-state index in [2.05, 4.69) is 5.32 Å². The molecule has 1 aromatic carbocycles. The Labute approximate surface area is 83.7 Å². The summed E-state index contributed by atoms with van der Waals surface area (Å²) in [4.78, 5) is 0. The Bertz CT molecular complexity index is 338. The number of anilines is 1. The molecule has 0 saturated heterocycles. The van der Waals surface area contributed by atoms with E-state index in [4.69, 9.17) is 4.74 Å². The number of benzene rings is 1. The summed E-state index contributed by atoms with van der Waals surface area (Å²) >= 11 is 0. The van der Waals surface area contributed by atoms with Crippen LogP contribution in [0, 0.1) is 0 Å². The van der Waals surface area contributed by atoms with Crippen LogP contribution in [-0.4, -0.2) is 24.4 Å². The molecule has 2 N–H and O–H groups in total. The topological polar surface area (TPSA) is 41.5 Å². The van der Waals surface area contributed by atoms with Crippen molar-refractivity contribution < 1.29 is 9.84 Å². The number of methoxy groups -OCH3 is 1. The van der Waals surface area contributed by atoms with Crippen LogP contribution in [0.15, 0.2) is 18.2 Å². The number of aliphatic hydroxyl groups is 1. The van der Waals surface area contributed by atoms with Crippen LogP contribution in [0.25, 0.3) is 0 Å². The molecule has 2 atom stereocenters. The number of para-hydroxylation sites is 1. The van der Waals surface area contributed by atoms with Gasteiger partial charge in [0.25, 0.3) is 0 Å². The van der Waals surface area contributed by atoms with Crippen molar-refractivity contribution in [3.63, 3.8) is 0 Å². The molecular formula is C11H15NO2. The SMILES string of the molecule is COc1cccc2c1NC(C)C(O)C2. The van der Waals surface area contributed by atoms with Gasteiger partial charge >= 0.3 is 0 Å². The first-order chi connectivity index (χ1) is 6.72. The number of rotatable bonds is 1. The lowest BCUT2D eigenvalue weighted by molar-refractivity contribution is 0.154. The Morgan fingerprint density at radius 1 is 1.50 bits per heavy atom. The Morgan fingerprint density at radius 3 is 3.00 bits per heavy atom. The van der Waals surface area contributed by atoms with E-state index in [0.717, 1.165) is 17.0 Å². The molecule has 0 spiro atoms. The zero-order chi connectivity index (χ0) is 10.1. The van der Waals surface area contributed by atoms with Crippen molar-refractivity contribution in [1.82, 2.24) is 0 Å². The minimum atomic E-state index is -0.311. The van der Waals surface area contributed by atoms with Crippen molar-refractivity contribution in [3.05, 3.63) is 23.8 Å². The zero-order valence-corrected chi connectivity index (χ0v) is 8.45. The molecule has 0 aliphatic carbocycles. The molecule has 3 heteroatoms. The Balaban J connectivity index is 2.41. The quantitative estimate of drug-likeness (QED) is 0.708. The fourth-order valence-electron chi connectivity index (χ4n) is 1.81. The summed E-state index contributed by atoms with van der Waals surface area (Å²) in [6.07, 6.45) is 0.385. The van der Waals surface area contributed by atoms with Gasteiger partial charge in [0.1, 0.15) is 5.75 Å². The smallest absolute Gasteiger partial charge is 0.142 e. The van der Waals surface area contributed by atoms with Gasteiger partial charge in [0.2, 0.25) is 0 Å². The molecule has 3 nitrogen and oxygen atoms in total. The maximum atomic E-state index is 9.68. The van der Waals surface area contributed by atoms with E-state index in [0.29, 0.717) is 6.42 Å². The van der Waals surface area contributed by atoms with Gasteiger partial charge in [-0.15, -0.1) is 0 Å². The van der Waals surface area contributed by atoms with E-state index in [-0.39, 0.29) is 12.1 Å². The van der Waals surface area contributed by atoms with Crippen molar-refractivity contribution in [2.45, 2.75) is 25.5 Å². The number of fused-ring (bicyclic) bond motifs is 1. The minimum absolute atomic E-state index is 0.0822. The van der Waals surface area contributed by atoms with Crippen LogP contribution in [0.2, 0.25) is 0 Å². The molecule has 0 radical (unpaired) electrons. The molecule has 0 bridgehead atoms. The van der Waals surface area contributed by atoms with E-state index in [1.807, 2.05) is 25.1 Å². The molecule has 1 aromatic rings. The zero-order valence-electron chi connectivity index (χ0n) is 8.45. The van der Waals surface area contributed by atoms with Crippen LogP contribution in [0.5, 0.6) is 5.75 Å². The van der Waals surface area contributed by atoms with Crippen LogP contribution in [0.3, 0.4) is 0 Å². The average Bonchev–Trinajstić information content (AvgIpc) is 2.19. The van der Waals surface area contributed by atoms with E-state index >= 15 is 0 Å². The number of aliphatic hydroxyl groups excluding tert-OH is 1. The maximum absolute atomic E-state index is 9.68. The van der Waals surface area contributed by atoms with Crippen molar-refractivity contribution in [2.75, 3.05) is 12.4 Å². The summed E-state index contributed by atoms with van der Waals surface area (Å²) in [5.41, 5.74) is 2.14. The number of hydrogen-bond acceptors (Lipinski definition) is 3. The molecule has 0 aromatic heterocycles. The van der Waals surface area contributed by atoms with Crippen molar-refractivity contribution in [3.8, 4) is 5.75 Å². The molecule has 1 aliphatic heterocycles. The van der Waals surface area contributed by atoms with Gasteiger partial charge in [-0.1, -0.05) is 12.1 Å². The summed E-state index contributed by atoms with van der Waals surface area (Å²) in [7, 11) is 1.66. The van der Waals surface area contributed by atoms with Gasteiger partial charge in [-0.05, 0) is 18.6 Å². The van der Waals surface area contributed by atoms with E-state index in [1.165, 1.54) is 0 Å². The highest BCUT2D eigenvalue weighted by Gasteiger charge is 2.24. The van der Waals surface area contributed by atoms with Gasteiger partial charge in [0, 0.05) is 12.5 Å². The normalized spacial score (nSPS) is 25.1. The number of ether oxygens (including phenoxy) is 1. The fraction of sp³-hybridized carbons (Fsp3) is 0.455. The van der Waals surface area contributed by atoms with Crippen molar-refractivity contribution in [1.29, 1.82) is 0 Å². The summed E-state index contributed by atoms with van der Waals surface area (Å²) in [6.45, 7) is 1.97. The molecule has 14 heavy (non-hydrogen) atoms. The van der Waals surface area contributed by atoms with Gasteiger partial charge in [-0.2, -0.15) is 0 Å². The van der Waals surface area contributed by atoms with Crippen LogP contribution in [-0.2, 0) is 6.42 Å². The Kier molecular flexibility index (Phi) is 2.33. The van der Waals surface area contributed by atoms with Crippen LogP contribution in [0.4, 0.5) is 5.69 Å². The fourth-order valence-corrected chi connectivity index (χ4v) is 1.81. The largest absolute Gasteiger partial charge is 0.495 e. The lowest BCUT2D eigenvalue weighted by Gasteiger charge is -2.30. The summed E-state index contributed by atoms with van der Waals surface area (Å²) in [5, 5.41) is 12.9. The highest BCUT2D eigenvalue weighted by molar-refractivity contribution is 5.64. The monoisotopic (exact) mass is 193 g/mol. The molecule has 1 heterocycles. The van der Waals surface area contributed by atoms with Gasteiger partial charge in [-0.25, -0.2) is 0 Å². The molecular weight excluding hydrogens is 178 g/mol. The van der Waals surface area contributed by atoms with Gasteiger partial charge in [-0.3, -0.25) is 0 Å². The van der Waals surface area contributed by atoms with Gasteiger partial charge in [0.05, 0.1) is 18.9 Å². The van der Waals surface area contributed by atoms with Gasteiger partial charge < -0.3 is 15.2 Å². The second kappa shape index (κ2) is 3.50. The lowest BCUT2D eigenvalue weighted by Crippen LogP contribution is -2.36. The third kappa shape index (κ3) is 1.44. The first kappa shape index (κ1) is 9.34. The van der Waals surface area contributed by atoms with Crippen LogP contribution < -0.4 is 10.1 Å². The molecule has 0 amide bonds. The highest BCUT2D eigenvalue weighted by Crippen LogP contribution is 2.33. The second-order valence-corrected chi connectivity index (χ2v) is 3.70. The average molecular weight is 193 g/mol. The number of hydrogen-bond donors (Lipinski definition) is 2.